The number of hydrogen-bond donors (Lipinski definition) is 1. The van der Waals surface area contributed by atoms with Gasteiger partial charge in [-0.2, -0.15) is 5.26 Å². The maximum absolute atomic E-state index is 13.1. The van der Waals surface area contributed by atoms with Gasteiger partial charge in [0.15, 0.2) is 0 Å². The van der Waals surface area contributed by atoms with Crippen LogP contribution in [0.15, 0.2) is 24.3 Å². The van der Waals surface area contributed by atoms with E-state index in [1.807, 2.05) is 6.07 Å². The van der Waals surface area contributed by atoms with E-state index in [1.165, 1.54) is 0 Å². The summed E-state index contributed by atoms with van der Waals surface area (Å²) < 4.78 is 26.2. The summed E-state index contributed by atoms with van der Waals surface area (Å²) in [6, 6.07) is 6.87. The number of benzene rings is 1. The van der Waals surface area contributed by atoms with E-state index in [4.69, 9.17) is 5.26 Å². The molecule has 0 aliphatic rings. The Morgan fingerprint density at radius 1 is 1.11 bits per heavy atom. The number of anilines is 2. The molecule has 0 saturated heterocycles. The molecule has 0 atom stereocenters. The summed E-state index contributed by atoms with van der Waals surface area (Å²) in [7, 11) is 0. The molecule has 1 aromatic heterocycles. The van der Waals surface area contributed by atoms with Crippen LogP contribution in [0.3, 0.4) is 0 Å². The molecule has 0 fully saturated rings. The number of aromatic nitrogens is 1. The van der Waals surface area contributed by atoms with Crippen LogP contribution >= 0.6 is 0 Å². The van der Waals surface area contributed by atoms with Gasteiger partial charge in [-0.15, -0.1) is 0 Å². The third-order valence-corrected chi connectivity index (χ3v) is 2.58. The second kappa shape index (κ2) is 5.02. The predicted octanol–water partition coefficient (Wildman–Crippen LogP) is 3.59. The van der Waals surface area contributed by atoms with Crippen LogP contribution in [0.5, 0.6) is 0 Å². The Labute approximate surface area is 109 Å². The zero-order chi connectivity index (χ0) is 14.0. The summed E-state index contributed by atoms with van der Waals surface area (Å²) in [5, 5.41) is 11.9. The summed E-state index contributed by atoms with van der Waals surface area (Å²) in [4.78, 5) is 4.18. The van der Waals surface area contributed by atoms with E-state index in [0.29, 0.717) is 11.4 Å². The van der Waals surface area contributed by atoms with Crippen LogP contribution in [-0.4, -0.2) is 4.98 Å². The molecule has 0 unspecified atom stereocenters. The molecular weight excluding hydrogens is 248 g/mol. The van der Waals surface area contributed by atoms with Crippen molar-refractivity contribution in [3.8, 4) is 6.07 Å². The van der Waals surface area contributed by atoms with Crippen LogP contribution in [0.1, 0.15) is 16.8 Å². The maximum atomic E-state index is 13.1. The fourth-order valence-electron chi connectivity index (χ4n) is 1.83. The largest absolute Gasteiger partial charge is 0.339 e. The van der Waals surface area contributed by atoms with Gasteiger partial charge in [0.25, 0.3) is 0 Å². The molecule has 0 radical (unpaired) electrons. The molecule has 96 valence electrons. The van der Waals surface area contributed by atoms with Gasteiger partial charge >= 0.3 is 0 Å². The Morgan fingerprint density at radius 3 is 2.32 bits per heavy atom. The van der Waals surface area contributed by atoms with Crippen molar-refractivity contribution in [1.29, 1.82) is 5.26 Å². The Balaban J connectivity index is 2.46. The van der Waals surface area contributed by atoms with Crippen LogP contribution in [0.4, 0.5) is 20.3 Å². The Morgan fingerprint density at radius 2 is 1.74 bits per heavy atom. The number of nitrogens with one attached hydrogen (secondary N) is 1. The highest BCUT2D eigenvalue weighted by molar-refractivity contribution is 5.64. The average Bonchev–Trinajstić information content (AvgIpc) is 2.26. The molecule has 5 heteroatoms. The van der Waals surface area contributed by atoms with Gasteiger partial charge in [-0.25, -0.2) is 13.8 Å². The summed E-state index contributed by atoms with van der Waals surface area (Å²) in [6.07, 6.45) is 0. The summed E-state index contributed by atoms with van der Waals surface area (Å²) in [5.74, 6) is -1.08. The van der Waals surface area contributed by atoms with E-state index >= 15 is 0 Å². The number of nitrogens with zero attached hydrogens (tertiary/aromatic N) is 2. The van der Waals surface area contributed by atoms with Crippen LogP contribution < -0.4 is 5.32 Å². The number of nitriles is 1. The second-order valence-electron chi connectivity index (χ2n) is 4.20. The van der Waals surface area contributed by atoms with Crippen molar-refractivity contribution < 1.29 is 8.78 Å². The van der Waals surface area contributed by atoms with Gasteiger partial charge < -0.3 is 5.32 Å². The standard InChI is InChI=1S/C14H11F2N3/c1-8-3-9(2)18-14(13(8)7-17)19-12-5-10(15)4-11(16)6-12/h3-6H,1-2H3,(H,18,19). The molecule has 0 spiro atoms. The van der Waals surface area contributed by atoms with Gasteiger partial charge in [-0.3, -0.25) is 0 Å². The van der Waals surface area contributed by atoms with Crippen molar-refractivity contribution in [3.63, 3.8) is 0 Å². The van der Waals surface area contributed by atoms with Crippen molar-refractivity contribution in [1.82, 2.24) is 4.98 Å². The maximum Gasteiger partial charge on any atom is 0.148 e. The zero-order valence-corrected chi connectivity index (χ0v) is 10.5. The lowest BCUT2D eigenvalue weighted by molar-refractivity contribution is 0.584. The Hall–Kier alpha value is -2.48. The second-order valence-corrected chi connectivity index (χ2v) is 4.20. The molecule has 0 aliphatic carbocycles. The third-order valence-electron chi connectivity index (χ3n) is 2.58. The Kier molecular flexibility index (Phi) is 3.43. The van der Waals surface area contributed by atoms with Crippen LogP contribution in [0.25, 0.3) is 0 Å². The first-order valence-corrected chi connectivity index (χ1v) is 5.61. The van der Waals surface area contributed by atoms with Gasteiger partial charge in [0.1, 0.15) is 23.5 Å². The smallest absolute Gasteiger partial charge is 0.148 e. The van der Waals surface area contributed by atoms with Crippen molar-refractivity contribution in [2.24, 2.45) is 0 Å². The topological polar surface area (TPSA) is 48.7 Å². The van der Waals surface area contributed by atoms with Gasteiger partial charge in [0.05, 0.1) is 5.56 Å². The van der Waals surface area contributed by atoms with Crippen molar-refractivity contribution >= 4 is 11.5 Å². The lowest BCUT2D eigenvalue weighted by Crippen LogP contribution is -2.01. The van der Waals surface area contributed by atoms with Gasteiger partial charge in [0, 0.05) is 17.4 Å². The SMILES string of the molecule is Cc1cc(C)c(C#N)c(Nc2cc(F)cc(F)c2)n1. The number of hydrogen-bond acceptors (Lipinski definition) is 3. The van der Waals surface area contributed by atoms with Gasteiger partial charge in [-0.1, -0.05) is 0 Å². The first-order chi connectivity index (χ1) is 8.99. The molecule has 19 heavy (non-hydrogen) atoms. The highest BCUT2D eigenvalue weighted by Crippen LogP contribution is 2.23. The molecule has 0 amide bonds. The fraction of sp³-hybridized carbons (Fsp3) is 0.143. The van der Waals surface area contributed by atoms with Crippen molar-refractivity contribution in [2.75, 3.05) is 5.32 Å². The van der Waals surface area contributed by atoms with Gasteiger partial charge in [0.2, 0.25) is 0 Å². The van der Waals surface area contributed by atoms with E-state index in [2.05, 4.69) is 10.3 Å². The fourth-order valence-corrected chi connectivity index (χ4v) is 1.83. The molecule has 1 aromatic carbocycles. The minimum Gasteiger partial charge on any atom is -0.339 e. The molecule has 2 rings (SSSR count). The highest BCUT2D eigenvalue weighted by Gasteiger charge is 2.09. The van der Waals surface area contributed by atoms with Crippen LogP contribution in [0.2, 0.25) is 0 Å². The molecule has 1 N–H and O–H groups in total. The summed E-state index contributed by atoms with van der Waals surface area (Å²) in [5.41, 5.74) is 2.05. The third kappa shape index (κ3) is 2.86. The molecule has 1 heterocycles. The van der Waals surface area contributed by atoms with E-state index in [9.17, 15) is 8.78 Å². The predicted molar refractivity (Wildman–Crippen MR) is 68.1 cm³/mol. The lowest BCUT2D eigenvalue weighted by atomic mass is 10.1. The van der Waals surface area contributed by atoms with Crippen LogP contribution in [-0.2, 0) is 0 Å². The molecule has 0 aliphatic heterocycles. The number of pyridine rings is 1. The highest BCUT2D eigenvalue weighted by atomic mass is 19.1. The summed E-state index contributed by atoms with van der Waals surface area (Å²) in [6.45, 7) is 3.57. The Bertz CT molecular complexity index is 655. The zero-order valence-electron chi connectivity index (χ0n) is 10.5. The van der Waals surface area contributed by atoms with Gasteiger partial charge in [-0.05, 0) is 37.6 Å². The number of halogens is 2. The quantitative estimate of drug-likeness (QED) is 0.896. The monoisotopic (exact) mass is 259 g/mol. The molecule has 0 bridgehead atoms. The first-order valence-electron chi connectivity index (χ1n) is 5.61. The molecule has 0 saturated carbocycles. The normalized spacial score (nSPS) is 10.1. The van der Waals surface area contributed by atoms with E-state index in [0.717, 1.165) is 29.5 Å². The average molecular weight is 259 g/mol. The van der Waals surface area contributed by atoms with Crippen molar-refractivity contribution in [3.05, 3.63) is 52.7 Å². The van der Waals surface area contributed by atoms with E-state index < -0.39 is 11.6 Å². The molecule has 2 aromatic rings. The van der Waals surface area contributed by atoms with E-state index in [1.54, 1.807) is 19.9 Å². The lowest BCUT2D eigenvalue weighted by Gasteiger charge is -2.10. The van der Waals surface area contributed by atoms with Crippen LogP contribution in [0, 0.1) is 36.8 Å². The minimum absolute atomic E-state index is 0.214. The first kappa shape index (κ1) is 13.0. The number of aryl methyl sites for hydroxylation is 2. The summed E-state index contributed by atoms with van der Waals surface area (Å²) >= 11 is 0. The minimum atomic E-state index is -0.689. The molecule has 3 nitrogen and oxygen atoms in total. The molecular formula is C14H11F2N3. The van der Waals surface area contributed by atoms with E-state index in [-0.39, 0.29) is 5.69 Å². The van der Waals surface area contributed by atoms with Crippen molar-refractivity contribution in [2.45, 2.75) is 13.8 Å². The number of rotatable bonds is 2.